The van der Waals surface area contributed by atoms with E-state index in [1.165, 1.54) is 0 Å². The quantitative estimate of drug-likeness (QED) is 0.715. The molecule has 27 heavy (non-hydrogen) atoms. The van der Waals surface area contributed by atoms with Crippen LogP contribution in [0.3, 0.4) is 0 Å². The highest BCUT2D eigenvalue weighted by Gasteiger charge is 2.16. The number of nitrogens with zero attached hydrogens (tertiary/aromatic N) is 4. The number of benzene rings is 1. The van der Waals surface area contributed by atoms with Crippen molar-refractivity contribution in [3.63, 3.8) is 0 Å². The van der Waals surface area contributed by atoms with E-state index < -0.39 is 0 Å². The van der Waals surface area contributed by atoms with E-state index in [1.807, 2.05) is 24.3 Å². The van der Waals surface area contributed by atoms with Gasteiger partial charge < -0.3 is 9.88 Å². The van der Waals surface area contributed by atoms with Crippen molar-refractivity contribution < 1.29 is 0 Å². The number of hydrogen-bond acceptors (Lipinski definition) is 5. The van der Waals surface area contributed by atoms with E-state index >= 15 is 0 Å². The first-order valence-electron chi connectivity index (χ1n) is 9.50. The van der Waals surface area contributed by atoms with Crippen molar-refractivity contribution in [1.82, 2.24) is 19.9 Å². The van der Waals surface area contributed by atoms with Crippen LogP contribution >= 0.6 is 0 Å². The lowest BCUT2D eigenvalue weighted by Crippen LogP contribution is -2.27. The second kappa shape index (κ2) is 7.86. The van der Waals surface area contributed by atoms with Crippen LogP contribution in [0.25, 0.3) is 10.9 Å². The molecule has 6 nitrogen and oxygen atoms in total. The lowest BCUT2D eigenvalue weighted by molar-refractivity contribution is 0.705. The highest BCUT2D eigenvalue weighted by Crippen LogP contribution is 2.22. The Labute approximate surface area is 159 Å². The summed E-state index contributed by atoms with van der Waals surface area (Å²) in [5, 5.41) is 0.607. The number of aromatic amines is 1. The molecule has 1 N–H and O–H groups in total. The van der Waals surface area contributed by atoms with Gasteiger partial charge in [0.05, 0.1) is 17.4 Å². The molecule has 3 rings (SSSR count). The Kier molecular flexibility index (Phi) is 5.54. The third-order valence-corrected chi connectivity index (χ3v) is 4.57. The van der Waals surface area contributed by atoms with Gasteiger partial charge in [-0.3, -0.25) is 4.79 Å². The van der Waals surface area contributed by atoms with Crippen molar-refractivity contribution >= 4 is 16.7 Å². The Balaban J connectivity index is 1.99. The Morgan fingerprint density at radius 2 is 1.78 bits per heavy atom. The summed E-state index contributed by atoms with van der Waals surface area (Å²) in [7, 11) is 0. The largest absolute Gasteiger partial charge is 0.349 e. The van der Waals surface area contributed by atoms with Gasteiger partial charge in [-0.05, 0) is 25.0 Å². The zero-order valence-electron chi connectivity index (χ0n) is 16.7. The van der Waals surface area contributed by atoms with Crippen LogP contribution in [-0.2, 0) is 6.54 Å². The average Bonchev–Trinajstić information content (AvgIpc) is 2.65. The van der Waals surface area contributed by atoms with Crippen molar-refractivity contribution in [2.24, 2.45) is 0 Å². The topological polar surface area (TPSA) is 74.8 Å². The Morgan fingerprint density at radius 1 is 1.04 bits per heavy atom. The number of para-hydroxylation sites is 1. The van der Waals surface area contributed by atoms with Gasteiger partial charge in [0.1, 0.15) is 17.5 Å². The van der Waals surface area contributed by atoms with Gasteiger partial charge in [-0.15, -0.1) is 0 Å². The summed E-state index contributed by atoms with van der Waals surface area (Å²) in [6.07, 6.45) is 0. The molecule has 0 amide bonds. The fourth-order valence-corrected chi connectivity index (χ4v) is 2.93. The van der Waals surface area contributed by atoms with Crippen LogP contribution in [0.5, 0.6) is 0 Å². The van der Waals surface area contributed by atoms with E-state index in [4.69, 9.17) is 9.97 Å². The number of nitrogens with one attached hydrogen (secondary N) is 1. The van der Waals surface area contributed by atoms with Gasteiger partial charge >= 0.3 is 0 Å². The molecule has 0 fully saturated rings. The summed E-state index contributed by atoms with van der Waals surface area (Å²) >= 11 is 0. The second-order valence-electron chi connectivity index (χ2n) is 7.36. The SMILES string of the molecule is CCN(Cc1nc2ccccc2c(=O)[nH]1)c1cc(C(C)C)nc(C(C)C)n1. The molecule has 0 bridgehead atoms. The molecule has 0 aliphatic heterocycles. The highest BCUT2D eigenvalue weighted by atomic mass is 16.1. The van der Waals surface area contributed by atoms with Crippen LogP contribution in [0.4, 0.5) is 5.82 Å². The number of hydrogen-bond donors (Lipinski definition) is 1. The maximum atomic E-state index is 12.4. The Morgan fingerprint density at radius 3 is 2.44 bits per heavy atom. The van der Waals surface area contributed by atoms with E-state index in [-0.39, 0.29) is 11.5 Å². The fraction of sp³-hybridized carbons (Fsp3) is 0.429. The number of anilines is 1. The molecule has 3 aromatic rings. The maximum Gasteiger partial charge on any atom is 0.258 e. The monoisotopic (exact) mass is 365 g/mol. The van der Waals surface area contributed by atoms with Crippen molar-refractivity contribution in [1.29, 1.82) is 0 Å². The van der Waals surface area contributed by atoms with Gasteiger partial charge in [0, 0.05) is 24.2 Å². The van der Waals surface area contributed by atoms with Gasteiger partial charge in [-0.25, -0.2) is 15.0 Å². The normalized spacial score (nSPS) is 11.5. The second-order valence-corrected chi connectivity index (χ2v) is 7.36. The molecular formula is C21H27N5O. The summed E-state index contributed by atoms with van der Waals surface area (Å²) in [4.78, 5) is 31.5. The van der Waals surface area contributed by atoms with Gasteiger partial charge in [-0.1, -0.05) is 39.8 Å². The van der Waals surface area contributed by atoms with Crippen molar-refractivity contribution in [3.8, 4) is 0 Å². The lowest BCUT2D eigenvalue weighted by Gasteiger charge is -2.23. The van der Waals surface area contributed by atoms with Crippen molar-refractivity contribution in [2.45, 2.75) is 53.0 Å². The molecule has 0 saturated heterocycles. The molecule has 0 aliphatic rings. The molecule has 0 atom stereocenters. The molecule has 2 heterocycles. The summed E-state index contributed by atoms with van der Waals surface area (Å²) in [5.74, 6) is 2.92. The molecule has 0 aliphatic carbocycles. The molecule has 0 radical (unpaired) electrons. The zero-order valence-corrected chi connectivity index (χ0v) is 16.7. The van der Waals surface area contributed by atoms with Crippen LogP contribution < -0.4 is 10.5 Å². The highest BCUT2D eigenvalue weighted by molar-refractivity contribution is 5.77. The minimum Gasteiger partial charge on any atom is -0.349 e. The summed E-state index contributed by atoms with van der Waals surface area (Å²) in [5.41, 5.74) is 1.63. The third-order valence-electron chi connectivity index (χ3n) is 4.57. The molecule has 0 saturated carbocycles. The molecular weight excluding hydrogens is 338 g/mol. The van der Waals surface area contributed by atoms with Gasteiger partial charge in [-0.2, -0.15) is 0 Å². The standard InChI is InChI=1S/C21H27N5O/c1-6-26(19-11-17(13(2)3)23-20(25-19)14(4)5)12-18-22-16-10-8-7-9-15(16)21(27)24-18/h7-11,13-14H,6,12H2,1-5H3,(H,22,24,27). The predicted molar refractivity (Wildman–Crippen MR) is 109 cm³/mol. The number of H-pyrrole nitrogens is 1. The molecule has 2 aromatic heterocycles. The molecule has 142 valence electrons. The number of rotatable bonds is 6. The minimum atomic E-state index is -0.111. The number of fused-ring (bicyclic) bond motifs is 1. The van der Waals surface area contributed by atoms with Gasteiger partial charge in [0.25, 0.3) is 5.56 Å². The van der Waals surface area contributed by atoms with E-state index in [2.05, 4.69) is 49.5 Å². The molecule has 1 aromatic carbocycles. The lowest BCUT2D eigenvalue weighted by atomic mass is 10.1. The molecule has 6 heteroatoms. The summed E-state index contributed by atoms with van der Waals surface area (Å²) in [6, 6.07) is 9.43. The van der Waals surface area contributed by atoms with E-state index in [1.54, 1.807) is 6.07 Å². The van der Waals surface area contributed by atoms with Crippen molar-refractivity contribution in [2.75, 3.05) is 11.4 Å². The first kappa shape index (κ1) is 19.0. The average molecular weight is 365 g/mol. The van der Waals surface area contributed by atoms with Crippen molar-refractivity contribution in [3.05, 3.63) is 58.0 Å². The van der Waals surface area contributed by atoms with Crippen LogP contribution in [-0.4, -0.2) is 26.5 Å². The molecule has 0 unspecified atom stereocenters. The first-order chi connectivity index (χ1) is 12.9. The van der Waals surface area contributed by atoms with Crippen LogP contribution in [0.2, 0.25) is 0 Å². The minimum absolute atomic E-state index is 0.111. The van der Waals surface area contributed by atoms with Gasteiger partial charge in [0.2, 0.25) is 0 Å². The summed E-state index contributed by atoms with van der Waals surface area (Å²) in [6.45, 7) is 11.8. The fourth-order valence-electron chi connectivity index (χ4n) is 2.93. The maximum absolute atomic E-state index is 12.4. The van der Waals surface area contributed by atoms with Crippen LogP contribution in [0.15, 0.2) is 35.1 Å². The summed E-state index contributed by atoms with van der Waals surface area (Å²) < 4.78 is 0. The van der Waals surface area contributed by atoms with Crippen LogP contribution in [0, 0.1) is 0 Å². The first-order valence-corrected chi connectivity index (χ1v) is 9.50. The Bertz CT molecular complexity index is 967. The van der Waals surface area contributed by atoms with Gasteiger partial charge in [0.15, 0.2) is 0 Å². The smallest absolute Gasteiger partial charge is 0.258 e. The van der Waals surface area contributed by atoms with E-state index in [0.717, 1.165) is 23.9 Å². The van der Waals surface area contributed by atoms with Crippen LogP contribution in [0.1, 0.15) is 63.8 Å². The molecule has 0 spiro atoms. The van der Waals surface area contributed by atoms with E-state index in [0.29, 0.717) is 29.2 Å². The van der Waals surface area contributed by atoms with E-state index in [9.17, 15) is 4.79 Å². The predicted octanol–water partition coefficient (Wildman–Crippen LogP) is 3.99. The third kappa shape index (κ3) is 4.15. The number of aromatic nitrogens is 4. The zero-order chi connectivity index (χ0) is 19.6. The Hall–Kier alpha value is -2.76.